The molecule has 0 bridgehead atoms. The number of hydrogen-bond donors (Lipinski definition) is 1. The van der Waals surface area contributed by atoms with E-state index in [1.165, 1.54) is 25.7 Å². The highest BCUT2D eigenvalue weighted by Gasteiger charge is 2.48. The largest absolute Gasteiger partial charge is 0.464 e. The van der Waals surface area contributed by atoms with Gasteiger partial charge in [0, 0.05) is 6.04 Å². The highest BCUT2D eigenvalue weighted by atomic mass is 16.6. The minimum Gasteiger partial charge on any atom is -0.464 e. The van der Waals surface area contributed by atoms with Crippen LogP contribution in [0.3, 0.4) is 0 Å². The van der Waals surface area contributed by atoms with Crippen molar-refractivity contribution in [2.45, 2.75) is 44.2 Å². The van der Waals surface area contributed by atoms with Gasteiger partial charge in [0.15, 0.2) is 5.54 Å². The van der Waals surface area contributed by atoms with E-state index < -0.39 is 5.54 Å². The maximum atomic E-state index is 11.8. The molecular weight excluding hydrogens is 194 g/mol. The number of hydrogen-bond acceptors (Lipinski definition) is 4. The third kappa shape index (κ3) is 2.16. The molecule has 1 heterocycles. The van der Waals surface area contributed by atoms with Crippen LogP contribution in [-0.4, -0.2) is 37.4 Å². The van der Waals surface area contributed by atoms with Gasteiger partial charge in [-0.05, 0) is 19.8 Å². The van der Waals surface area contributed by atoms with Crippen molar-refractivity contribution >= 4 is 5.97 Å². The summed E-state index contributed by atoms with van der Waals surface area (Å²) >= 11 is 0. The molecule has 4 nitrogen and oxygen atoms in total. The highest BCUT2D eigenvalue weighted by molar-refractivity contribution is 5.82. The van der Waals surface area contributed by atoms with E-state index in [2.05, 4.69) is 5.32 Å². The molecule has 86 valence electrons. The smallest absolute Gasteiger partial charge is 0.331 e. The molecular formula is C11H19NO3. The van der Waals surface area contributed by atoms with Crippen molar-refractivity contribution in [2.24, 2.45) is 0 Å². The van der Waals surface area contributed by atoms with Crippen LogP contribution in [0.2, 0.25) is 0 Å². The van der Waals surface area contributed by atoms with Crippen LogP contribution in [0.1, 0.15) is 32.6 Å². The Morgan fingerprint density at radius 3 is 2.60 bits per heavy atom. The molecule has 2 rings (SSSR count). The van der Waals surface area contributed by atoms with Gasteiger partial charge in [0.1, 0.15) is 0 Å². The van der Waals surface area contributed by atoms with Crippen molar-refractivity contribution in [3.63, 3.8) is 0 Å². The summed E-state index contributed by atoms with van der Waals surface area (Å²) < 4.78 is 10.2. The van der Waals surface area contributed by atoms with Gasteiger partial charge < -0.3 is 9.47 Å². The van der Waals surface area contributed by atoms with E-state index in [4.69, 9.17) is 9.47 Å². The molecule has 1 N–H and O–H groups in total. The Morgan fingerprint density at radius 2 is 2.13 bits per heavy atom. The van der Waals surface area contributed by atoms with Crippen molar-refractivity contribution in [2.75, 3.05) is 19.8 Å². The molecule has 1 saturated heterocycles. The Balaban J connectivity index is 1.92. The van der Waals surface area contributed by atoms with E-state index in [1.807, 2.05) is 6.92 Å². The lowest BCUT2D eigenvalue weighted by atomic mass is 9.96. The number of carbonyl (C=O) groups is 1. The number of carbonyl (C=O) groups excluding carboxylic acids is 1. The molecule has 0 aromatic heterocycles. The van der Waals surface area contributed by atoms with E-state index in [0.717, 1.165) is 0 Å². The molecule has 1 aliphatic heterocycles. The maximum Gasteiger partial charge on any atom is 0.331 e. The number of nitrogens with one attached hydrogen (secondary N) is 1. The van der Waals surface area contributed by atoms with Gasteiger partial charge >= 0.3 is 5.97 Å². The number of rotatable bonds is 4. The molecule has 0 aromatic carbocycles. The second kappa shape index (κ2) is 4.49. The van der Waals surface area contributed by atoms with Gasteiger partial charge in [0.05, 0.1) is 19.8 Å². The maximum absolute atomic E-state index is 11.8. The van der Waals surface area contributed by atoms with Crippen molar-refractivity contribution in [1.29, 1.82) is 0 Å². The molecule has 2 fully saturated rings. The lowest BCUT2D eigenvalue weighted by Gasteiger charge is -2.41. The fraction of sp³-hybridized carbons (Fsp3) is 0.909. The van der Waals surface area contributed by atoms with Crippen LogP contribution in [0.5, 0.6) is 0 Å². The quantitative estimate of drug-likeness (QED) is 0.703. The molecule has 0 amide bonds. The number of esters is 1. The van der Waals surface area contributed by atoms with Gasteiger partial charge in [0.2, 0.25) is 0 Å². The van der Waals surface area contributed by atoms with Crippen LogP contribution in [-0.2, 0) is 14.3 Å². The van der Waals surface area contributed by atoms with Crippen LogP contribution in [0.25, 0.3) is 0 Å². The molecule has 1 saturated carbocycles. The van der Waals surface area contributed by atoms with Crippen molar-refractivity contribution in [3.8, 4) is 0 Å². The summed E-state index contributed by atoms with van der Waals surface area (Å²) in [5.74, 6) is -0.150. The van der Waals surface area contributed by atoms with E-state index >= 15 is 0 Å². The van der Waals surface area contributed by atoms with Crippen LogP contribution >= 0.6 is 0 Å². The summed E-state index contributed by atoms with van der Waals surface area (Å²) in [5.41, 5.74) is -0.537. The van der Waals surface area contributed by atoms with Crippen LogP contribution in [0.4, 0.5) is 0 Å². The predicted molar refractivity (Wildman–Crippen MR) is 55.6 cm³/mol. The molecule has 15 heavy (non-hydrogen) atoms. The third-order valence-corrected chi connectivity index (χ3v) is 3.20. The molecule has 2 aliphatic rings. The molecule has 0 aromatic rings. The standard InChI is InChI=1S/C11H19NO3/c1-2-15-10(13)11(7-14-8-11)12-9-5-3-4-6-9/h9,12H,2-8H2,1H3. The Morgan fingerprint density at radius 1 is 1.47 bits per heavy atom. The summed E-state index contributed by atoms with van der Waals surface area (Å²) in [6.07, 6.45) is 4.86. The summed E-state index contributed by atoms with van der Waals surface area (Å²) in [7, 11) is 0. The second-order valence-electron chi connectivity index (χ2n) is 4.42. The van der Waals surface area contributed by atoms with Crippen LogP contribution in [0, 0.1) is 0 Å². The van der Waals surface area contributed by atoms with Gasteiger partial charge in [-0.2, -0.15) is 0 Å². The predicted octanol–water partition coefficient (Wildman–Crippen LogP) is 0.851. The first-order chi connectivity index (χ1) is 7.27. The normalized spacial score (nSPS) is 24.9. The first-order valence-electron chi connectivity index (χ1n) is 5.79. The van der Waals surface area contributed by atoms with Crippen LogP contribution < -0.4 is 5.32 Å². The third-order valence-electron chi connectivity index (χ3n) is 3.20. The summed E-state index contributed by atoms with van der Waals surface area (Å²) in [4.78, 5) is 11.8. The first kappa shape index (κ1) is 10.9. The average Bonchev–Trinajstić information content (AvgIpc) is 2.63. The van der Waals surface area contributed by atoms with Crippen molar-refractivity contribution in [3.05, 3.63) is 0 Å². The summed E-state index contributed by atoms with van der Waals surface area (Å²) in [6.45, 7) is 3.19. The molecule has 0 unspecified atom stereocenters. The van der Waals surface area contributed by atoms with E-state index in [0.29, 0.717) is 25.9 Å². The lowest BCUT2D eigenvalue weighted by molar-refractivity contribution is -0.173. The molecule has 4 heteroatoms. The SMILES string of the molecule is CCOC(=O)C1(NC2CCCC2)COC1. The molecule has 1 aliphatic carbocycles. The highest BCUT2D eigenvalue weighted by Crippen LogP contribution is 2.25. The fourth-order valence-electron chi connectivity index (χ4n) is 2.30. The molecule has 0 radical (unpaired) electrons. The fourth-order valence-corrected chi connectivity index (χ4v) is 2.30. The Hall–Kier alpha value is -0.610. The Bertz CT molecular complexity index is 232. The van der Waals surface area contributed by atoms with Gasteiger partial charge in [-0.25, -0.2) is 4.79 Å². The Labute approximate surface area is 90.3 Å². The first-order valence-corrected chi connectivity index (χ1v) is 5.79. The minimum absolute atomic E-state index is 0.150. The van der Waals surface area contributed by atoms with Gasteiger partial charge in [0.25, 0.3) is 0 Å². The number of ether oxygens (including phenoxy) is 2. The molecule has 0 atom stereocenters. The van der Waals surface area contributed by atoms with Gasteiger partial charge in [-0.15, -0.1) is 0 Å². The van der Waals surface area contributed by atoms with E-state index in [-0.39, 0.29) is 5.97 Å². The van der Waals surface area contributed by atoms with Crippen molar-refractivity contribution < 1.29 is 14.3 Å². The topological polar surface area (TPSA) is 47.6 Å². The summed E-state index contributed by atoms with van der Waals surface area (Å²) in [6, 6.07) is 0.471. The zero-order valence-electron chi connectivity index (χ0n) is 9.25. The average molecular weight is 213 g/mol. The van der Waals surface area contributed by atoms with E-state index in [1.54, 1.807) is 0 Å². The Kier molecular flexibility index (Phi) is 3.26. The monoisotopic (exact) mass is 213 g/mol. The van der Waals surface area contributed by atoms with Gasteiger partial charge in [-0.3, -0.25) is 5.32 Å². The molecule has 0 spiro atoms. The van der Waals surface area contributed by atoms with Gasteiger partial charge in [-0.1, -0.05) is 12.8 Å². The minimum atomic E-state index is -0.537. The summed E-state index contributed by atoms with van der Waals surface area (Å²) in [5, 5.41) is 3.41. The lowest BCUT2D eigenvalue weighted by Crippen LogP contribution is -2.68. The van der Waals surface area contributed by atoms with Crippen LogP contribution in [0.15, 0.2) is 0 Å². The zero-order chi connectivity index (χ0) is 10.7. The van der Waals surface area contributed by atoms with Crippen molar-refractivity contribution in [1.82, 2.24) is 5.32 Å². The van der Waals surface area contributed by atoms with E-state index in [9.17, 15) is 4.79 Å². The zero-order valence-corrected chi connectivity index (χ0v) is 9.25. The second-order valence-corrected chi connectivity index (χ2v) is 4.42.